The predicted octanol–water partition coefficient (Wildman–Crippen LogP) is 2.58. The Kier molecular flexibility index (Phi) is 5.79. The van der Waals surface area contributed by atoms with Gasteiger partial charge in [0.15, 0.2) is 11.5 Å². The minimum absolute atomic E-state index is 0.113. The SMILES string of the molecule is COc1cc(-c2c(C(=O)O)c(N)[nH]c(=O)c2C(=O)O)cc(Br)c1OC(C)C. The molecule has 0 bridgehead atoms. The van der Waals surface area contributed by atoms with Gasteiger partial charge in [-0.25, -0.2) is 9.59 Å². The minimum Gasteiger partial charge on any atom is -0.493 e. The number of anilines is 1. The highest BCUT2D eigenvalue weighted by Gasteiger charge is 2.28. The second kappa shape index (κ2) is 7.70. The average Bonchev–Trinajstić information content (AvgIpc) is 2.54. The molecule has 0 aliphatic heterocycles. The molecular weight excluding hydrogens is 424 g/mol. The van der Waals surface area contributed by atoms with Gasteiger partial charge in [0.25, 0.3) is 5.56 Å². The van der Waals surface area contributed by atoms with Gasteiger partial charge >= 0.3 is 11.9 Å². The van der Waals surface area contributed by atoms with E-state index in [1.807, 2.05) is 13.8 Å². The summed E-state index contributed by atoms with van der Waals surface area (Å²) in [5, 5.41) is 19.0. The van der Waals surface area contributed by atoms with Gasteiger partial charge < -0.3 is 30.4 Å². The Morgan fingerprint density at radius 2 is 1.78 bits per heavy atom. The second-order valence-electron chi connectivity index (χ2n) is 5.76. The van der Waals surface area contributed by atoms with Crippen LogP contribution >= 0.6 is 15.9 Å². The van der Waals surface area contributed by atoms with Gasteiger partial charge in [-0.15, -0.1) is 0 Å². The highest BCUT2D eigenvalue weighted by atomic mass is 79.9. The maximum Gasteiger partial charge on any atom is 0.342 e. The van der Waals surface area contributed by atoms with E-state index in [0.29, 0.717) is 10.2 Å². The Morgan fingerprint density at radius 3 is 2.26 bits per heavy atom. The molecule has 144 valence electrons. The van der Waals surface area contributed by atoms with Crippen LogP contribution in [0.1, 0.15) is 34.6 Å². The number of hydrogen-bond donors (Lipinski definition) is 4. The lowest BCUT2D eigenvalue weighted by Gasteiger charge is -2.18. The molecule has 5 N–H and O–H groups in total. The van der Waals surface area contributed by atoms with Crippen molar-refractivity contribution < 1.29 is 29.3 Å². The molecule has 1 heterocycles. The number of aromatic nitrogens is 1. The van der Waals surface area contributed by atoms with E-state index < -0.39 is 34.4 Å². The minimum atomic E-state index is -1.59. The molecule has 0 aliphatic carbocycles. The fourth-order valence-corrected chi connectivity index (χ4v) is 3.09. The van der Waals surface area contributed by atoms with Gasteiger partial charge in [-0.1, -0.05) is 0 Å². The number of nitrogens with two attached hydrogens (primary N) is 1. The van der Waals surface area contributed by atoms with Gasteiger partial charge in [-0.2, -0.15) is 0 Å². The smallest absolute Gasteiger partial charge is 0.342 e. The third kappa shape index (κ3) is 3.90. The molecule has 1 aromatic heterocycles. The number of nitrogen functional groups attached to an aromatic ring is 1. The van der Waals surface area contributed by atoms with Crippen LogP contribution in [0.15, 0.2) is 21.4 Å². The molecule has 0 spiro atoms. The molecule has 0 atom stereocenters. The largest absolute Gasteiger partial charge is 0.493 e. The molecule has 0 radical (unpaired) electrons. The number of carbonyl (C=O) groups is 2. The first-order chi connectivity index (χ1) is 12.6. The van der Waals surface area contributed by atoms with E-state index in [1.54, 1.807) is 0 Å². The van der Waals surface area contributed by atoms with Crippen LogP contribution in [0.25, 0.3) is 11.1 Å². The molecule has 10 heteroatoms. The second-order valence-corrected chi connectivity index (χ2v) is 6.61. The van der Waals surface area contributed by atoms with Crippen LogP contribution in [0.3, 0.4) is 0 Å². The summed E-state index contributed by atoms with van der Waals surface area (Å²) in [6, 6.07) is 2.82. The number of benzene rings is 1. The van der Waals surface area contributed by atoms with E-state index in [0.717, 1.165) is 0 Å². The zero-order valence-electron chi connectivity index (χ0n) is 14.6. The molecule has 9 nitrogen and oxygen atoms in total. The first kappa shape index (κ1) is 20.3. The Labute approximate surface area is 161 Å². The van der Waals surface area contributed by atoms with Gasteiger partial charge in [0.2, 0.25) is 0 Å². The van der Waals surface area contributed by atoms with Crippen LogP contribution in [-0.2, 0) is 0 Å². The summed E-state index contributed by atoms with van der Waals surface area (Å²) >= 11 is 3.31. The summed E-state index contributed by atoms with van der Waals surface area (Å²) in [6.45, 7) is 3.62. The number of carboxylic acid groups (broad SMARTS) is 2. The van der Waals surface area contributed by atoms with E-state index in [9.17, 15) is 24.6 Å². The lowest BCUT2D eigenvalue weighted by molar-refractivity contribution is 0.0695. The maximum atomic E-state index is 12.1. The van der Waals surface area contributed by atoms with Crippen LogP contribution in [-0.4, -0.2) is 40.3 Å². The van der Waals surface area contributed by atoms with Gasteiger partial charge in [-0.05, 0) is 47.5 Å². The first-order valence-electron chi connectivity index (χ1n) is 7.65. The van der Waals surface area contributed by atoms with Gasteiger partial charge in [0.05, 0.1) is 17.7 Å². The number of H-pyrrole nitrogens is 1. The number of rotatable bonds is 6. The molecule has 0 amide bonds. The van der Waals surface area contributed by atoms with Crippen molar-refractivity contribution in [2.45, 2.75) is 20.0 Å². The van der Waals surface area contributed by atoms with Crippen molar-refractivity contribution >= 4 is 33.7 Å². The number of methoxy groups -OCH3 is 1. The summed E-state index contributed by atoms with van der Waals surface area (Å²) in [7, 11) is 1.38. The fourth-order valence-electron chi connectivity index (χ4n) is 2.55. The molecule has 27 heavy (non-hydrogen) atoms. The molecule has 0 saturated heterocycles. The van der Waals surface area contributed by atoms with Crippen molar-refractivity contribution in [1.82, 2.24) is 4.98 Å². The Hall–Kier alpha value is -3.01. The summed E-state index contributed by atoms with van der Waals surface area (Å²) in [6.07, 6.45) is -0.180. The summed E-state index contributed by atoms with van der Waals surface area (Å²) in [5.41, 5.74) is 3.14. The molecular formula is C17H17BrN2O7. The number of aromatic amines is 1. The summed E-state index contributed by atoms with van der Waals surface area (Å²) < 4.78 is 11.3. The van der Waals surface area contributed by atoms with E-state index in [4.69, 9.17) is 15.2 Å². The fraction of sp³-hybridized carbons (Fsp3) is 0.235. The topological polar surface area (TPSA) is 152 Å². The third-order valence-corrected chi connectivity index (χ3v) is 4.13. The number of hydrogen-bond acceptors (Lipinski definition) is 6. The summed E-state index contributed by atoms with van der Waals surface area (Å²) in [5.74, 6) is -2.96. The predicted molar refractivity (Wildman–Crippen MR) is 101 cm³/mol. The molecule has 0 aliphatic rings. The van der Waals surface area contributed by atoms with Crippen LogP contribution in [0.4, 0.5) is 5.82 Å². The van der Waals surface area contributed by atoms with Crippen molar-refractivity contribution in [3.63, 3.8) is 0 Å². The molecule has 0 saturated carbocycles. The number of ether oxygens (including phenoxy) is 2. The van der Waals surface area contributed by atoms with Crippen molar-refractivity contribution in [3.05, 3.63) is 38.1 Å². The number of carboxylic acids is 2. The molecule has 2 rings (SSSR count). The van der Waals surface area contributed by atoms with Gasteiger partial charge in [0, 0.05) is 5.56 Å². The first-order valence-corrected chi connectivity index (χ1v) is 8.44. The standard InChI is InChI=1S/C17H17BrN2O7/c1-6(2)27-13-8(18)4-7(5-9(13)26-3)10-11(16(22)23)14(19)20-15(21)12(10)17(24)25/h4-6H,1-3H3,(H,22,23)(H,24,25)(H3,19,20,21). The molecule has 2 aromatic rings. The third-order valence-electron chi connectivity index (χ3n) is 3.54. The normalized spacial score (nSPS) is 10.7. The van der Waals surface area contributed by atoms with Crippen molar-refractivity contribution in [2.75, 3.05) is 12.8 Å². The quantitative estimate of drug-likeness (QED) is 0.534. The Bertz CT molecular complexity index is 982. The highest BCUT2D eigenvalue weighted by molar-refractivity contribution is 9.10. The number of aromatic carboxylic acids is 2. The number of pyridine rings is 1. The molecule has 0 fully saturated rings. The Morgan fingerprint density at radius 1 is 1.19 bits per heavy atom. The monoisotopic (exact) mass is 440 g/mol. The maximum absolute atomic E-state index is 12.1. The summed E-state index contributed by atoms with van der Waals surface area (Å²) in [4.78, 5) is 37.5. The van der Waals surface area contributed by atoms with E-state index >= 15 is 0 Å². The lowest BCUT2D eigenvalue weighted by atomic mass is 9.95. The average molecular weight is 441 g/mol. The van der Waals surface area contributed by atoms with Gasteiger partial charge in [-0.3, -0.25) is 4.79 Å². The number of halogens is 1. The Balaban J connectivity index is 2.93. The number of nitrogens with one attached hydrogen (secondary N) is 1. The molecule has 1 aromatic carbocycles. The molecule has 0 unspecified atom stereocenters. The van der Waals surface area contributed by atoms with E-state index in [1.165, 1.54) is 19.2 Å². The van der Waals surface area contributed by atoms with E-state index in [-0.39, 0.29) is 23.0 Å². The van der Waals surface area contributed by atoms with Crippen LogP contribution in [0.5, 0.6) is 11.5 Å². The zero-order valence-corrected chi connectivity index (χ0v) is 16.2. The van der Waals surface area contributed by atoms with E-state index in [2.05, 4.69) is 20.9 Å². The van der Waals surface area contributed by atoms with Crippen molar-refractivity contribution in [1.29, 1.82) is 0 Å². The van der Waals surface area contributed by atoms with Crippen LogP contribution in [0, 0.1) is 0 Å². The van der Waals surface area contributed by atoms with Gasteiger partial charge in [0.1, 0.15) is 16.9 Å². The lowest BCUT2D eigenvalue weighted by Crippen LogP contribution is -2.24. The van der Waals surface area contributed by atoms with Crippen molar-refractivity contribution in [3.8, 4) is 22.6 Å². The zero-order chi connectivity index (χ0) is 20.5. The van der Waals surface area contributed by atoms with Crippen LogP contribution < -0.4 is 20.8 Å². The van der Waals surface area contributed by atoms with Crippen molar-refractivity contribution in [2.24, 2.45) is 0 Å². The van der Waals surface area contributed by atoms with Crippen LogP contribution in [0.2, 0.25) is 0 Å². The highest BCUT2D eigenvalue weighted by Crippen LogP contribution is 2.42.